The van der Waals surface area contributed by atoms with Gasteiger partial charge in [0.1, 0.15) is 0 Å². The second-order valence-electron chi connectivity index (χ2n) is 8.42. The molecule has 1 amide bonds. The summed E-state index contributed by atoms with van der Waals surface area (Å²) in [4.78, 5) is 17.5. The molecule has 0 bridgehead atoms. The molecule has 2 aliphatic heterocycles. The summed E-state index contributed by atoms with van der Waals surface area (Å²) in [7, 11) is 1.56. The van der Waals surface area contributed by atoms with Gasteiger partial charge in [-0.05, 0) is 35.7 Å². The highest BCUT2D eigenvalue weighted by Crippen LogP contribution is 2.39. The molecule has 1 N–H and O–H groups in total. The lowest BCUT2D eigenvalue weighted by Gasteiger charge is -2.49. The van der Waals surface area contributed by atoms with Crippen molar-refractivity contribution in [2.75, 3.05) is 44.8 Å². The lowest BCUT2D eigenvalue weighted by atomic mass is 9.82. The van der Waals surface area contributed by atoms with E-state index in [0.29, 0.717) is 38.2 Å². The number of alkyl halides is 3. The Hall–Kier alpha value is -2.58. The number of nitrogens with zero attached hydrogens (tertiary/aromatic N) is 2. The largest absolute Gasteiger partial charge is 0.416 e. The van der Waals surface area contributed by atoms with Crippen molar-refractivity contribution in [2.45, 2.75) is 25.2 Å². The lowest BCUT2D eigenvalue weighted by Crippen LogP contribution is -2.61. The Labute approximate surface area is 186 Å². The van der Waals surface area contributed by atoms with Gasteiger partial charge in [0.05, 0.1) is 24.1 Å². The Morgan fingerprint density at radius 3 is 2.66 bits per heavy atom. The SMILES string of the molecule is COCCNC(=O)[C@H]1Cc2cc(C(F)(F)F)ccc2N2CCN(Cc3ccccc3)C[C@@H]12. The number of piperazine rings is 1. The molecule has 5 nitrogen and oxygen atoms in total. The predicted octanol–water partition coefficient (Wildman–Crippen LogP) is 3.33. The Morgan fingerprint density at radius 1 is 1.16 bits per heavy atom. The van der Waals surface area contributed by atoms with Gasteiger partial charge in [0.15, 0.2) is 0 Å². The monoisotopic (exact) mass is 447 g/mol. The molecule has 32 heavy (non-hydrogen) atoms. The van der Waals surface area contributed by atoms with Crippen molar-refractivity contribution in [1.82, 2.24) is 10.2 Å². The summed E-state index contributed by atoms with van der Waals surface area (Å²) in [5, 5.41) is 2.90. The van der Waals surface area contributed by atoms with Gasteiger partial charge in [-0.1, -0.05) is 30.3 Å². The van der Waals surface area contributed by atoms with Crippen LogP contribution in [-0.2, 0) is 28.7 Å². The molecule has 8 heteroatoms. The minimum atomic E-state index is -4.41. The van der Waals surface area contributed by atoms with Crippen molar-refractivity contribution in [3.8, 4) is 0 Å². The quantitative estimate of drug-likeness (QED) is 0.690. The molecule has 4 rings (SSSR count). The van der Waals surface area contributed by atoms with Gasteiger partial charge in [-0.3, -0.25) is 9.69 Å². The third kappa shape index (κ3) is 4.91. The molecule has 172 valence electrons. The average Bonchev–Trinajstić information content (AvgIpc) is 2.78. The average molecular weight is 448 g/mol. The zero-order chi connectivity index (χ0) is 22.7. The number of methoxy groups -OCH3 is 1. The number of carbonyl (C=O) groups is 1. The molecule has 1 saturated heterocycles. The second kappa shape index (κ2) is 9.50. The van der Waals surface area contributed by atoms with Crippen molar-refractivity contribution < 1.29 is 22.7 Å². The zero-order valence-electron chi connectivity index (χ0n) is 18.1. The van der Waals surface area contributed by atoms with E-state index in [9.17, 15) is 18.0 Å². The molecular weight excluding hydrogens is 419 g/mol. The highest BCUT2D eigenvalue weighted by molar-refractivity contribution is 5.82. The van der Waals surface area contributed by atoms with E-state index in [1.807, 2.05) is 18.2 Å². The van der Waals surface area contributed by atoms with E-state index in [-0.39, 0.29) is 11.9 Å². The fourth-order valence-corrected chi connectivity index (χ4v) is 4.75. The highest BCUT2D eigenvalue weighted by Gasteiger charge is 2.42. The zero-order valence-corrected chi connectivity index (χ0v) is 18.1. The minimum absolute atomic E-state index is 0.0979. The van der Waals surface area contributed by atoms with Crippen molar-refractivity contribution in [1.29, 1.82) is 0 Å². The van der Waals surface area contributed by atoms with Gasteiger partial charge in [0.25, 0.3) is 0 Å². The third-order valence-electron chi connectivity index (χ3n) is 6.31. The number of ether oxygens (including phenoxy) is 1. The first kappa shape index (κ1) is 22.6. The molecule has 2 aliphatic rings. The molecule has 2 aromatic rings. The fourth-order valence-electron chi connectivity index (χ4n) is 4.75. The summed E-state index contributed by atoms with van der Waals surface area (Å²) in [5.74, 6) is -0.567. The van der Waals surface area contributed by atoms with Crippen LogP contribution in [0, 0.1) is 5.92 Å². The maximum Gasteiger partial charge on any atom is 0.416 e. The molecule has 0 spiro atoms. The molecule has 0 radical (unpaired) electrons. The summed E-state index contributed by atoms with van der Waals surface area (Å²) in [6.07, 6.45) is -4.12. The first-order valence-corrected chi connectivity index (χ1v) is 10.9. The number of hydrogen-bond donors (Lipinski definition) is 1. The minimum Gasteiger partial charge on any atom is -0.383 e. The van der Waals surface area contributed by atoms with Crippen LogP contribution in [0.4, 0.5) is 18.9 Å². The number of rotatable bonds is 6. The Bertz CT molecular complexity index is 936. The van der Waals surface area contributed by atoms with Crippen LogP contribution < -0.4 is 10.2 Å². The van der Waals surface area contributed by atoms with Crippen molar-refractivity contribution in [2.24, 2.45) is 5.92 Å². The Morgan fingerprint density at radius 2 is 1.94 bits per heavy atom. The van der Waals surface area contributed by atoms with Crippen LogP contribution >= 0.6 is 0 Å². The van der Waals surface area contributed by atoms with Crippen molar-refractivity contribution in [3.63, 3.8) is 0 Å². The summed E-state index contributed by atoms with van der Waals surface area (Å²) in [6.45, 7) is 3.67. The Kier molecular flexibility index (Phi) is 6.71. The topological polar surface area (TPSA) is 44.8 Å². The smallest absolute Gasteiger partial charge is 0.383 e. The molecule has 0 aliphatic carbocycles. The van der Waals surface area contributed by atoms with Crippen LogP contribution in [0.15, 0.2) is 48.5 Å². The molecular formula is C24H28F3N3O2. The number of benzene rings is 2. The van der Waals surface area contributed by atoms with Crippen LogP contribution in [0.1, 0.15) is 16.7 Å². The molecule has 2 atom stereocenters. The molecule has 1 fully saturated rings. The predicted molar refractivity (Wildman–Crippen MR) is 116 cm³/mol. The van der Waals surface area contributed by atoms with Gasteiger partial charge < -0.3 is 15.0 Å². The van der Waals surface area contributed by atoms with E-state index in [4.69, 9.17) is 4.74 Å². The van der Waals surface area contributed by atoms with Crippen molar-refractivity contribution >= 4 is 11.6 Å². The van der Waals surface area contributed by atoms with Gasteiger partial charge in [0.2, 0.25) is 5.91 Å². The van der Waals surface area contributed by atoms with Gasteiger partial charge in [-0.15, -0.1) is 0 Å². The van der Waals surface area contributed by atoms with E-state index in [0.717, 1.165) is 24.8 Å². The normalized spacial score (nSPS) is 21.1. The molecule has 0 unspecified atom stereocenters. The first-order valence-electron chi connectivity index (χ1n) is 10.9. The second-order valence-corrected chi connectivity index (χ2v) is 8.42. The first-order chi connectivity index (χ1) is 15.4. The molecule has 0 aromatic heterocycles. The van der Waals surface area contributed by atoms with Gasteiger partial charge in [0, 0.05) is 45.5 Å². The van der Waals surface area contributed by atoms with Crippen LogP contribution in [0.3, 0.4) is 0 Å². The lowest BCUT2D eigenvalue weighted by molar-refractivity contribution is -0.137. The molecule has 2 aromatic carbocycles. The van der Waals surface area contributed by atoms with Gasteiger partial charge >= 0.3 is 6.18 Å². The highest BCUT2D eigenvalue weighted by atomic mass is 19.4. The van der Waals surface area contributed by atoms with E-state index >= 15 is 0 Å². The standard InChI is InChI=1S/C24H28F3N3O2/c1-32-12-9-28-23(31)20-14-18-13-19(24(25,26)27)7-8-21(18)30-11-10-29(16-22(20)30)15-17-5-3-2-4-6-17/h2-8,13,20,22H,9-12,14-16H2,1H3,(H,28,31)/t20-,22-/m0/s1. The molecule has 2 heterocycles. The summed E-state index contributed by atoms with van der Waals surface area (Å²) < 4.78 is 44.9. The van der Waals surface area contributed by atoms with E-state index in [2.05, 4.69) is 27.2 Å². The number of fused-ring (bicyclic) bond motifs is 3. The molecule has 0 saturated carbocycles. The third-order valence-corrected chi connectivity index (χ3v) is 6.31. The summed E-state index contributed by atoms with van der Waals surface area (Å²) in [5.41, 5.74) is 1.92. The van der Waals surface area contributed by atoms with Crippen LogP contribution in [-0.4, -0.2) is 56.7 Å². The summed E-state index contributed by atoms with van der Waals surface area (Å²) in [6, 6.07) is 14.0. The van der Waals surface area contributed by atoms with Crippen LogP contribution in [0.5, 0.6) is 0 Å². The van der Waals surface area contributed by atoms with E-state index < -0.39 is 17.7 Å². The Balaban J connectivity index is 1.59. The number of hydrogen-bond acceptors (Lipinski definition) is 4. The number of carbonyl (C=O) groups excluding carboxylic acids is 1. The van der Waals surface area contributed by atoms with Gasteiger partial charge in [-0.2, -0.15) is 13.2 Å². The number of nitrogens with one attached hydrogen (secondary N) is 1. The fraction of sp³-hybridized carbons (Fsp3) is 0.458. The number of amides is 1. The van der Waals surface area contributed by atoms with Crippen LogP contribution in [0.25, 0.3) is 0 Å². The maximum absolute atomic E-state index is 13.3. The van der Waals surface area contributed by atoms with Crippen molar-refractivity contribution in [3.05, 3.63) is 65.2 Å². The van der Waals surface area contributed by atoms with E-state index in [1.165, 1.54) is 11.6 Å². The van der Waals surface area contributed by atoms with E-state index in [1.54, 1.807) is 13.2 Å². The number of anilines is 1. The maximum atomic E-state index is 13.3. The number of halogens is 3. The van der Waals surface area contributed by atoms with Crippen LogP contribution in [0.2, 0.25) is 0 Å². The van der Waals surface area contributed by atoms with Gasteiger partial charge in [-0.25, -0.2) is 0 Å². The summed E-state index contributed by atoms with van der Waals surface area (Å²) >= 11 is 0.